The van der Waals surface area contributed by atoms with Gasteiger partial charge in [-0.25, -0.2) is 9.97 Å². The van der Waals surface area contributed by atoms with Gasteiger partial charge in [-0.3, -0.25) is 4.79 Å². The minimum Gasteiger partial charge on any atom is -0.372 e. The number of anilines is 4. The highest BCUT2D eigenvalue weighted by molar-refractivity contribution is 6.03. The molecule has 1 amide bonds. The molecular formula is C22H25N5O. The van der Waals surface area contributed by atoms with Crippen LogP contribution in [-0.2, 0) is 0 Å². The molecule has 1 heterocycles. The maximum Gasteiger partial charge on any atom is 0.274 e. The van der Waals surface area contributed by atoms with E-state index in [-0.39, 0.29) is 5.91 Å². The van der Waals surface area contributed by atoms with Gasteiger partial charge in [0.2, 0.25) is 5.95 Å². The number of rotatable bonds is 7. The maximum atomic E-state index is 12.5. The van der Waals surface area contributed by atoms with Gasteiger partial charge in [-0.2, -0.15) is 0 Å². The first kappa shape index (κ1) is 19.4. The molecular weight excluding hydrogens is 350 g/mol. The van der Waals surface area contributed by atoms with Crippen molar-refractivity contribution in [3.05, 3.63) is 72.1 Å². The molecule has 0 spiro atoms. The summed E-state index contributed by atoms with van der Waals surface area (Å²) in [6, 6.07) is 19.1. The van der Waals surface area contributed by atoms with Gasteiger partial charge in [0.25, 0.3) is 5.91 Å². The van der Waals surface area contributed by atoms with Gasteiger partial charge in [-0.05, 0) is 63.2 Å². The van der Waals surface area contributed by atoms with E-state index in [9.17, 15) is 4.79 Å². The van der Waals surface area contributed by atoms with Crippen LogP contribution in [0.5, 0.6) is 0 Å². The second-order valence-corrected chi connectivity index (χ2v) is 6.38. The number of nitrogens with one attached hydrogen (secondary N) is 2. The number of carbonyl (C=O) groups is 1. The van der Waals surface area contributed by atoms with E-state index in [0.717, 1.165) is 30.2 Å². The molecule has 0 aliphatic carbocycles. The Hall–Kier alpha value is -3.41. The molecule has 0 bridgehead atoms. The predicted octanol–water partition coefficient (Wildman–Crippen LogP) is 4.63. The van der Waals surface area contributed by atoms with Crippen LogP contribution < -0.4 is 15.5 Å². The lowest BCUT2D eigenvalue weighted by Crippen LogP contribution is -2.21. The average molecular weight is 375 g/mol. The van der Waals surface area contributed by atoms with E-state index < -0.39 is 0 Å². The van der Waals surface area contributed by atoms with Crippen LogP contribution in [0.15, 0.2) is 60.7 Å². The Bertz CT molecular complexity index is 921. The zero-order valence-electron chi connectivity index (χ0n) is 16.4. The molecule has 3 aromatic rings. The second-order valence-electron chi connectivity index (χ2n) is 6.38. The largest absolute Gasteiger partial charge is 0.372 e. The highest BCUT2D eigenvalue weighted by atomic mass is 16.1. The Morgan fingerprint density at radius 2 is 1.61 bits per heavy atom. The molecule has 0 aliphatic rings. The molecule has 6 heteroatoms. The summed E-state index contributed by atoms with van der Waals surface area (Å²) in [4.78, 5) is 23.6. The number of benzene rings is 2. The molecule has 0 saturated carbocycles. The Morgan fingerprint density at radius 1 is 0.929 bits per heavy atom. The minimum atomic E-state index is -0.267. The van der Waals surface area contributed by atoms with E-state index in [2.05, 4.69) is 51.5 Å². The lowest BCUT2D eigenvalue weighted by molar-refractivity contribution is 0.102. The highest BCUT2D eigenvalue weighted by Gasteiger charge is 2.11. The third-order valence-electron chi connectivity index (χ3n) is 4.37. The fraction of sp³-hybridized carbons (Fsp3) is 0.227. The van der Waals surface area contributed by atoms with Gasteiger partial charge in [0.1, 0.15) is 5.69 Å². The number of hydrogen-bond donors (Lipinski definition) is 2. The van der Waals surface area contributed by atoms with Crippen molar-refractivity contribution in [3.63, 3.8) is 0 Å². The van der Waals surface area contributed by atoms with Crippen LogP contribution >= 0.6 is 0 Å². The standard InChI is InChI=1S/C22H25N5O/c1-4-27(5-2)19-13-11-18(12-14-19)25-22-23-16(3)15-20(26-22)21(28)24-17-9-7-6-8-10-17/h6-15H,4-5H2,1-3H3,(H,24,28)(H,23,25,26). The van der Waals surface area contributed by atoms with Crippen molar-refractivity contribution >= 4 is 28.9 Å². The van der Waals surface area contributed by atoms with Crippen molar-refractivity contribution in [2.75, 3.05) is 28.6 Å². The second kappa shape index (κ2) is 8.99. The third-order valence-corrected chi connectivity index (χ3v) is 4.37. The van der Waals surface area contributed by atoms with Gasteiger partial charge in [-0.1, -0.05) is 18.2 Å². The molecule has 0 fully saturated rings. The lowest BCUT2D eigenvalue weighted by atomic mass is 10.2. The monoisotopic (exact) mass is 375 g/mol. The summed E-state index contributed by atoms with van der Waals surface area (Å²) < 4.78 is 0. The van der Waals surface area contributed by atoms with Gasteiger partial charge < -0.3 is 15.5 Å². The summed E-state index contributed by atoms with van der Waals surface area (Å²) in [5.74, 6) is 0.130. The molecule has 2 N–H and O–H groups in total. The third kappa shape index (κ3) is 4.85. The molecule has 0 radical (unpaired) electrons. The van der Waals surface area contributed by atoms with Crippen LogP contribution in [0.4, 0.5) is 23.0 Å². The summed E-state index contributed by atoms with van der Waals surface area (Å²) in [6.45, 7) is 8.04. The first-order chi connectivity index (χ1) is 13.6. The van der Waals surface area contributed by atoms with Crippen LogP contribution in [0.1, 0.15) is 30.0 Å². The van der Waals surface area contributed by atoms with Crippen LogP contribution in [0.2, 0.25) is 0 Å². The van der Waals surface area contributed by atoms with Crippen LogP contribution in [-0.4, -0.2) is 29.0 Å². The number of para-hydroxylation sites is 1. The maximum absolute atomic E-state index is 12.5. The molecule has 0 unspecified atom stereocenters. The SMILES string of the molecule is CCN(CC)c1ccc(Nc2nc(C)cc(C(=O)Nc3ccccc3)n2)cc1. The molecule has 3 rings (SSSR count). The summed E-state index contributed by atoms with van der Waals surface area (Å²) in [5, 5.41) is 6.03. The minimum absolute atomic E-state index is 0.267. The van der Waals surface area contributed by atoms with Crippen molar-refractivity contribution in [1.82, 2.24) is 9.97 Å². The van der Waals surface area contributed by atoms with E-state index in [1.54, 1.807) is 6.07 Å². The lowest BCUT2D eigenvalue weighted by Gasteiger charge is -2.21. The van der Waals surface area contributed by atoms with E-state index >= 15 is 0 Å². The predicted molar refractivity (Wildman–Crippen MR) is 114 cm³/mol. The van der Waals surface area contributed by atoms with E-state index in [4.69, 9.17) is 0 Å². The van der Waals surface area contributed by atoms with Crippen molar-refractivity contribution < 1.29 is 4.79 Å². The smallest absolute Gasteiger partial charge is 0.274 e. The van der Waals surface area contributed by atoms with E-state index in [0.29, 0.717) is 11.6 Å². The molecule has 0 aliphatic heterocycles. The molecule has 144 valence electrons. The van der Waals surface area contributed by atoms with Crippen molar-refractivity contribution in [1.29, 1.82) is 0 Å². The number of amides is 1. The Kier molecular flexibility index (Phi) is 6.22. The number of hydrogen-bond acceptors (Lipinski definition) is 5. The zero-order valence-corrected chi connectivity index (χ0v) is 16.4. The van der Waals surface area contributed by atoms with Crippen LogP contribution in [0.25, 0.3) is 0 Å². The fourth-order valence-electron chi connectivity index (χ4n) is 2.93. The molecule has 1 aromatic heterocycles. The summed E-state index contributed by atoms with van der Waals surface area (Å²) in [7, 11) is 0. The number of carbonyl (C=O) groups excluding carboxylic acids is 1. The molecule has 0 saturated heterocycles. The molecule has 0 atom stereocenters. The Balaban J connectivity index is 1.75. The number of aromatic nitrogens is 2. The van der Waals surface area contributed by atoms with E-state index in [1.807, 2.05) is 49.4 Å². The van der Waals surface area contributed by atoms with Gasteiger partial charge in [-0.15, -0.1) is 0 Å². The molecule has 2 aromatic carbocycles. The van der Waals surface area contributed by atoms with Crippen molar-refractivity contribution in [2.45, 2.75) is 20.8 Å². The van der Waals surface area contributed by atoms with Gasteiger partial charge in [0, 0.05) is 35.8 Å². The molecule has 28 heavy (non-hydrogen) atoms. The quantitative estimate of drug-likeness (QED) is 0.630. The first-order valence-electron chi connectivity index (χ1n) is 9.43. The number of nitrogens with zero attached hydrogens (tertiary/aromatic N) is 3. The normalized spacial score (nSPS) is 10.4. The Labute approximate surface area is 165 Å². The van der Waals surface area contributed by atoms with Crippen molar-refractivity contribution in [3.8, 4) is 0 Å². The first-order valence-corrected chi connectivity index (χ1v) is 9.43. The van der Waals surface area contributed by atoms with Gasteiger partial charge >= 0.3 is 0 Å². The van der Waals surface area contributed by atoms with Crippen LogP contribution in [0, 0.1) is 6.92 Å². The zero-order chi connectivity index (χ0) is 19.9. The van der Waals surface area contributed by atoms with Crippen LogP contribution in [0.3, 0.4) is 0 Å². The fourth-order valence-corrected chi connectivity index (χ4v) is 2.93. The summed E-state index contributed by atoms with van der Waals surface area (Å²) in [5.41, 5.74) is 3.80. The number of aryl methyl sites for hydroxylation is 1. The van der Waals surface area contributed by atoms with Crippen molar-refractivity contribution in [2.24, 2.45) is 0 Å². The molecule has 6 nitrogen and oxygen atoms in total. The van der Waals surface area contributed by atoms with Gasteiger partial charge in [0.15, 0.2) is 0 Å². The van der Waals surface area contributed by atoms with Gasteiger partial charge in [0.05, 0.1) is 0 Å². The van der Waals surface area contributed by atoms with E-state index in [1.165, 1.54) is 5.69 Å². The summed E-state index contributed by atoms with van der Waals surface area (Å²) in [6.07, 6.45) is 0. The summed E-state index contributed by atoms with van der Waals surface area (Å²) >= 11 is 0. The average Bonchev–Trinajstić information content (AvgIpc) is 2.70. The Morgan fingerprint density at radius 3 is 2.25 bits per heavy atom. The highest BCUT2D eigenvalue weighted by Crippen LogP contribution is 2.20. The topological polar surface area (TPSA) is 70.2 Å².